The minimum Gasteiger partial charge on any atom is -0.393 e. The van der Waals surface area contributed by atoms with Crippen LogP contribution in [0.3, 0.4) is 0 Å². The SMILES string of the molecule is CC(C)CC(=O)Cn1c(-c2cccc(Cl)c2)nn(-c2ccc(CCN3C4CCC3CC(O)C4)cn2)c1=O. The number of hydrogen-bond acceptors (Lipinski definition) is 6. The summed E-state index contributed by atoms with van der Waals surface area (Å²) in [6.45, 7) is 4.85. The van der Waals surface area contributed by atoms with Crippen LogP contribution >= 0.6 is 11.6 Å². The molecule has 37 heavy (non-hydrogen) atoms. The summed E-state index contributed by atoms with van der Waals surface area (Å²) in [5, 5.41) is 15.1. The largest absolute Gasteiger partial charge is 0.393 e. The minimum absolute atomic E-state index is 0.0255. The van der Waals surface area contributed by atoms with Gasteiger partial charge in [0.2, 0.25) is 0 Å². The first-order chi connectivity index (χ1) is 17.8. The number of rotatable bonds is 9. The fourth-order valence-corrected chi connectivity index (χ4v) is 5.97. The lowest BCUT2D eigenvalue weighted by atomic mass is 9.99. The van der Waals surface area contributed by atoms with Gasteiger partial charge in [-0.05, 0) is 61.8 Å². The normalized spacial score (nSPS) is 21.6. The Morgan fingerprint density at radius 2 is 1.92 bits per heavy atom. The molecule has 2 aliphatic rings. The van der Waals surface area contributed by atoms with Crippen molar-refractivity contribution in [1.82, 2.24) is 24.2 Å². The fourth-order valence-electron chi connectivity index (χ4n) is 5.78. The topological polar surface area (TPSA) is 93.2 Å². The summed E-state index contributed by atoms with van der Waals surface area (Å²) in [5.41, 5.74) is 1.35. The number of Topliss-reactive ketones (excluding diaryl/α,β-unsaturated/α-hetero) is 1. The summed E-state index contributed by atoms with van der Waals surface area (Å²) < 4.78 is 2.67. The van der Waals surface area contributed by atoms with Crippen LogP contribution in [0.1, 0.15) is 51.5 Å². The predicted molar refractivity (Wildman–Crippen MR) is 143 cm³/mol. The molecule has 2 unspecified atom stereocenters. The van der Waals surface area contributed by atoms with E-state index in [4.69, 9.17) is 11.6 Å². The Morgan fingerprint density at radius 1 is 1.16 bits per heavy atom. The second-order valence-electron chi connectivity index (χ2n) is 10.8. The van der Waals surface area contributed by atoms with Crippen molar-refractivity contribution in [3.63, 3.8) is 0 Å². The zero-order chi connectivity index (χ0) is 26.1. The second-order valence-corrected chi connectivity index (χ2v) is 11.2. The van der Waals surface area contributed by atoms with Crippen LogP contribution in [0, 0.1) is 5.92 Å². The first-order valence-electron chi connectivity index (χ1n) is 13.1. The van der Waals surface area contributed by atoms with Crippen LogP contribution in [0.2, 0.25) is 5.02 Å². The third-order valence-electron chi connectivity index (χ3n) is 7.46. The summed E-state index contributed by atoms with van der Waals surface area (Å²) in [6, 6.07) is 11.9. The molecule has 0 amide bonds. The van der Waals surface area contributed by atoms with Crippen LogP contribution in [-0.2, 0) is 17.8 Å². The van der Waals surface area contributed by atoms with Crippen molar-refractivity contribution in [2.45, 2.75) is 77.1 Å². The van der Waals surface area contributed by atoms with Crippen LogP contribution in [0.5, 0.6) is 0 Å². The molecule has 1 aromatic carbocycles. The van der Waals surface area contributed by atoms with E-state index in [0.29, 0.717) is 40.7 Å². The van der Waals surface area contributed by atoms with Crippen molar-refractivity contribution < 1.29 is 9.90 Å². The molecule has 3 aromatic rings. The first kappa shape index (κ1) is 25.8. The van der Waals surface area contributed by atoms with Gasteiger partial charge in [-0.25, -0.2) is 9.78 Å². The highest BCUT2D eigenvalue weighted by molar-refractivity contribution is 6.30. The predicted octanol–water partition coefficient (Wildman–Crippen LogP) is 3.89. The Bertz CT molecular complexity index is 1300. The van der Waals surface area contributed by atoms with Gasteiger partial charge in [0.05, 0.1) is 12.6 Å². The number of carbonyl (C=O) groups excluding carboxylic acids is 1. The number of aromatic nitrogens is 4. The number of aliphatic hydroxyl groups is 1. The van der Waals surface area contributed by atoms with Crippen molar-refractivity contribution >= 4 is 17.4 Å². The highest BCUT2D eigenvalue weighted by Crippen LogP contribution is 2.35. The first-order valence-corrected chi connectivity index (χ1v) is 13.5. The van der Waals surface area contributed by atoms with Gasteiger partial charge < -0.3 is 5.11 Å². The molecule has 2 saturated heterocycles. The van der Waals surface area contributed by atoms with Gasteiger partial charge in [0.25, 0.3) is 0 Å². The summed E-state index contributed by atoms with van der Waals surface area (Å²) in [4.78, 5) is 33.1. The molecular formula is C28H34ClN5O3. The molecule has 0 spiro atoms. The maximum absolute atomic E-state index is 13.4. The van der Waals surface area contributed by atoms with Crippen LogP contribution in [0.15, 0.2) is 47.4 Å². The van der Waals surface area contributed by atoms with Crippen molar-refractivity contribution in [2.24, 2.45) is 5.92 Å². The monoisotopic (exact) mass is 523 g/mol. The molecule has 2 aromatic heterocycles. The average Bonchev–Trinajstić information content (AvgIpc) is 3.30. The second kappa shape index (κ2) is 10.9. The van der Waals surface area contributed by atoms with E-state index in [-0.39, 0.29) is 24.3 Å². The Kier molecular flexibility index (Phi) is 7.60. The molecule has 196 valence electrons. The molecule has 2 aliphatic heterocycles. The highest BCUT2D eigenvalue weighted by Gasteiger charge is 2.39. The molecule has 1 N–H and O–H groups in total. The van der Waals surface area contributed by atoms with Crippen LogP contribution in [0.25, 0.3) is 17.2 Å². The average molecular weight is 524 g/mol. The number of pyridine rings is 1. The summed E-state index contributed by atoms with van der Waals surface area (Å²) in [5.74, 6) is 0.973. The van der Waals surface area contributed by atoms with E-state index in [2.05, 4.69) is 15.0 Å². The van der Waals surface area contributed by atoms with Gasteiger partial charge >= 0.3 is 5.69 Å². The highest BCUT2D eigenvalue weighted by atomic mass is 35.5. The maximum Gasteiger partial charge on any atom is 0.352 e. The van der Waals surface area contributed by atoms with Gasteiger partial charge in [-0.2, -0.15) is 4.68 Å². The van der Waals surface area contributed by atoms with Crippen molar-refractivity contribution in [3.8, 4) is 17.2 Å². The van der Waals surface area contributed by atoms with E-state index in [0.717, 1.165) is 31.4 Å². The van der Waals surface area contributed by atoms with Gasteiger partial charge in [-0.1, -0.05) is 43.6 Å². The zero-order valence-corrected chi connectivity index (χ0v) is 22.1. The van der Waals surface area contributed by atoms with E-state index >= 15 is 0 Å². The molecular weight excluding hydrogens is 490 g/mol. The summed E-state index contributed by atoms with van der Waals surface area (Å²) >= 11 is 6.20. The molecule has 5 rings (SSSR count). The van der Waals surface area contributed by atoms with Crippen LogP contribution in [0.4, 0.5) is 0 Å². The van der Waals surface area contributed by atoms with E-state index in [1.54, 1.807) is 30.5 Å². The Balaban J connectivity index is 1.37. The minimum atomic E-state index is -0.407. The lowest BCUT2D eigenvalue weighted by Crippen LogP contribution is -2.45. The molecule has 0 saturated carbocycles. The molecule has 0 aliphatic carbocycles. The lowest BCUT2D eigenvalue weighted by Gasteiger charge is -2.37. The van der Waals surface area contributed by atoms with E-state index in [1.807, 2.05) is 26.0 Å². The summed E-state index contributed by atoms with van der Waals surface area (Å²) in [7, 11) is 0. The van der Waals surface area contributed by atoms with Gasteiger partial charge in [0.15, 0.2) is 17.4 Å². The maximum atomic E-state index is 13.4. The molecule has 4 heterocycles. The van der Waals surface area contributed by atoms with Gasteiger partial charge in [0.1, 0.15) is 0 Å². The van der Waals surface area contributed by atoms with E-state index < -0.39 is 5.69 Å². The van der Waals surface area contributed by atoms with Gasteiger partial charge in [-0.15, -0.1) is 5.10 Å². The van der Waals surface area contributed by atoms with Gasteiger partial charge in [0, 0.05) is 41.8 Å². The number of nitrogens with zero attached hydrogens (tertiary/aromatic N) is 5. The third-order valence-corrected chi connectivity index (χ3v) is 7.70. The molecule has 0 radical (unpaired) electrons. The number of piperidine rings is 1. The van der Waals surface area contributed by atoms with Crippen molar-refractivity contribution in [3.05, 3.63) is 63.7 Å². The fraction of sp³-hybridized carbons (Fsp3) is 0.500. The molecule has 8 nitrogen and oxygen atoms in total. The zero-order valence-electron chi connectivity index (χ0n) is 21.4. The standard InChI is InChI=1S/C28H34ClN5O3/c1-18(2)12-25(36)17-33-27(20-4-3-5-21(29)13-20)31-34(28(33)37)26-9-6-19(16-30-26)10-11-32-22-7-8-23(32)15-24(35)14-22/h3-6,9,13,16,18,22-24,35H,7-8,10-12,14-15,17H2,1-2H3. The number of halogens is 1. The Hall–Kier alpha value is -2.81. The van der Waals surface area contributed by atoms with Crippen molar-refractivity contribution in [1.29, 1.82) is 0 Å². The van der Waals surface area contributed by atoms with E-state index in [1.165, 1.54) is 22.1 Å². The van der Waals surface area contributed by atoms with Crippen LogP contribution < -0.4 is 5.69 Å². The molecule has 2 bridgehead atoms. The third kappa shape index (κ3) is 5.71. The molecule has 2 fully saturated rings. The number of fused-ring (bicyclic) bond motifs is 2. The molecule has 9 heteroatoms. The number of carbonyl (C=O) groups is 1. The Morgan fingerprint density at radius 3 is 2.57 bits per heavy atom. The smallest absolute Gasteiger partial charge is 0.352 e. The number of benzene rings is 1. The van der Waals surface area contributed by atoms with E-state index in [9.17, 15) is 14.7 Å². The lowest BCUT2D eigenvalue weighted by molar-refractivity contribution is -0.120. The van der Waals surface area contributed by atoms with Crippen molar-refractivity contribution in [2.75, 3.05) is 6.54 Å². The van der Waals surface area contributed by atoms with Gasteiger partial charge in [-0.3, -0.25) is 14.3 Å². The molecule has 2 atom stereocenters. The van der Waals surface area contributed by atoms with Crippen LogP contribution in [-0.4, -0.2) is 59.9 Å². The number of hydrogen-bond donors (Lipinski definition) is 1. The Labute approximate surface area is 221 Å². The number of aliphatic hydroxyl groups excluding tert-OH is 1. The summed E-state index contributed by atoms with van der Waals surface area (Å²) in [6.07, 6.45) is 6.95. The number of ketones is 1. The quantitative estimate of drug-likeness (QED) is 0.457.